The predicted octanol–water partition coefficient (Wildman–Crippen LogP) is 2.45. The standard InChI is InChI=1S/C24H21N5O3/c1-15(2)8-9-17-10-11-20-18(12-17)25-23(30)19(14-32-20)26-24(31)22-27-21(28-29-22)13-16-6-4-3-5-7-16/h3-7,10-12,19H,1,13-14H2,2H3,(H,25,30)(H,26,31)(H,27,28,29)/t19-/m0/s1. The Morgan fingerprint density at radius 2 is 2.09 bits per heavy atom. The number of nitrogens with one attached hydrogen (secondary N) is 3. The molecule has 1 aromatic heterocycles. The second-order valence-electron chi connectivity index (χ2n) is 7.34. The smallest absolute Gasteiger partial charge is 0.291 e. The number of allylic oxidation sites excluding steroid dienone is 1. The first kappa shape index (κ1) is 20.9. The molecule has 1 aliphatic heterocycles. The molecule has 0 fully saturated rings. The summed E-state index contributed by atoms with van der Waals surface area (Å²) in [6.07, 6.45) is 0.514. The van der Waals surface area contributed by atoms with Crippen molar-refractivity contribution in [2.75, 3.05) is 11.9 Å². The summed E-state index contributed by atoms with van der Waals surface area (Å²) < 4.78 is 5.72. The zero-order chi connectivity index (χ0) is 22.5. The number of aromatic amines is 1. The molecule has 0 bridgehead atoms. The maximum atomic E-state index is 12.7. The van der Waals surface area contributed by atoms with Gasteiger partial charge in [0.2, 0.25) is 5.82 Å². The number of amides is 2. The van der Waals surface area contributed by atoms with Gasteiger partial charge in [0.1, 0.15) is 24.2 Å². The van der Waals surface area contributed by atoms with Crippen LogP contribution in [0.25, 0.3) is 0 Å². The number of H-pyrrole nitrogens is 1. The van der Waals surface area contributed by atoms with Crippen molar-refractivity contribution in [1.29, 1.82) is 0 Å². The Hall–Kier alpha value is -4.38. The first-order chi connectivity index (χ1) is 15.5. The minimum atomic E-state index is -0.907. The highest BCUT2D eigenvalue weighted by atomic mass is 16.5. The van der Waals surface area contributed by atoms with E-state index in [1.807, 2.05) is 37.3 Å². The van der Waals surface area contributed by atoms with Crippen molar-refractivity contribution in [3.63, 3.8) is 0 Å². The summed E-state index contributed by atoms with van der Waals surface area (Å²) in [6.45, 7) is 5.54. The quantitative estimate of drug-likeness (QED) is 0.554. The van der Waals surface area contributed by atoms with Crippen LogP contribution in [0.3, 0.4) is 0 Å². The first-order valence-electron chi connectivity index (χ1n) is 9.99. The van der Waals surface area contributed by atoms with Gasteiger partial charge in [-0.3, -0.25) is 14.7 Å². The highest BCUT2D eigenvalue weighted by molar-refractivity contribution is 6.01. The van der Waals surface area contributed by atoms with Crippen molar-refractivity contribution in [2.45, 2.75) is 19.4 Å². The molecule has 3 aromatic rings. The minimum Gasteiger partial charge on any atom is -0.489 e. The number of carbonyl (C=O) groups excluding carboxylic acids is 2. The van der Waals surface area contributed by atoms with Crippen molar-refractivity contribution >= 4 is 17.5 Å². The number of rotatable bonds is 4. The van der Waals surface area contributed by atoms with Gasteiger partial charge >= 0.3 is 0 Å². The van der Waals surface area contributed by atoms with E-state index in [2.05, 4.69) is 44.2 Å². The Bertz CT molecular complexity index is 1240. The second-order valence-corrected chi connectivity index (χ2v) is 7.34. The molecule has 0 saturated heterocycles. The van der Waals surface area contributed by atoms with Crippen LogP contribution in [-0.4, -0.2) is 39.6 Å². The Balaban J connectivity index is 1.42. The molecule has 8 nitrogen and oxygen atoms in total. The summed E-state index contributed by atoms with van der Waals surface area (Å²) in [5, 5.41) is 12.1. The lowest BCUT2D eigenvalue weighted by molar-refractivity contribution is -0.118. The number of fused-ring (bicyclic) bond motifs is 1. The van der Waals surface area contributed by atoms with Crippen LogP contribution in [0.1, 0.15) is 34.5 Å². The summed E-state index contributed by atoms with van der Waals surface area (Å²) in [5.41, 5.74) is 2.98. The van der Waals surface area contributed by atoms with E-state index in [4.69, 9.17) is 4.74 Å². The fraction of sp³-hybridized carbons (Fsp3) is 0.167. The third-order valence-electron chi connectivity index (χ3n) is 4.63. The lowest BCUT2D eigenvalue weighted by atomic mass is 10.1. The zero-order valence-corrected chi connectivity index (χ0v) is 17.4. The molecule has 160 valence electrons. The lowest BCUT2D eigenvalue weighted by Gasteiger charge is -2.13. The molecule has 8 heteroatoms. The summed E-state index contributed by atoms with van der Waals surface area (Å²) in [5.74, 6) is 5.91. The molecule has 4 rings (SSSR count). The van der Waals surface area contributed by atoms with Crippen LogP contribution in [0.5, 0.6) is 5.75 Å². The van der Waals surface area contributed by atoms with E-state index in [0.717, 1.165) is 11.1 Å². The molecule has 0 unspecified atom stereocenters. The molecule has 1 atom stereocenters. The average Bonchev–Trinajstić information content (AvgIpc) is 3.19. The van der Waals surface area contributed by atoms with Gasteiger partial charge in [0.15, 0.2) is 0 Å². The van der Waals surface area contributed by atoms with Crippen molar-refractivity contribution in [3.05, 3.63) is 83.5 Å². The Morgan fingerprint density at radius 1 is 1.28 bits per heavy atom. The number of ether oxygens (including phenoxy) is 1. The molecule has 2 heterocycles. The highest BCUT2D eigenvalue weighted by Crippen LogP contribution is 2.28. The van der Waals surface area contributed by atoms with Crippen LogP contribution in [-0.2, 0) is 11.2 Å². The highest BCUT2D eigenvalue weighted by Gasteiger charge is 2.28. The van der Waals surface area contributed by atoms with Crippen LogP contribution in [0.2, 0.25) is 0 Å². The third-order valence-corrected chi connectivity index (χ3v) is 4.63. The van der Waals surface area contributed by atoms with Crippen LogP contribution in [0.4, 0.5) is 5.69 Å². The maximum absolute atomic E-state index is 12.7. The topological polar surface area (TPSA) is 109 Å². The van der Waals surface area contributed by atoms with Gasteiger partial charge in [0.05, 0.1) is 5.69 Å². The SMILES string of the molecule is C=C(C)C#Cc1ccc2c(c1)NC(=O)[C@@H](NC(=O)c1n[nH]c(Cc3ccccc3)n1)CO2. The van der Waals surface area contributed by atoms with Crippen LogP contribution < -0.4 is 15.4 Å². The van der Waals surface area contributed by atoms with Crippen molar-refractivity contribution in [3.8, 4) is 17.6 Å². The fourth-order valence-electron chi connectivity index (χ4n) is 3.07. The van der Waals surface area contributed by atoms with Crippen molar-refractivity contribution < 1.29 is 14.3 Å². The lowest BCUT2D eigenvalue weighted by Crippen LogP contribution is -2.46. The zero-order valence-electron chi connectivity index (χ0n) is 17.4. The summed E-state index contributed by atoms with van der Waals surface area (Å²) in [4.78, 5) is 29.5. The third kappa shape index (κ3) is 5.02. The number of hydrogen-bond donors (Lipinski definition) is 3. The summed E-state index contributed by atoms with van der Waals surface area (Å²) in [7, 11) is 0. The van der Waals surface area contributed by atoms with Gasteiger partial charge in [-0.05, 0) is 36.3 Å². The molecule has 0 radical (unpaired) electrons. The first-order valence-corrected chi connectivity index (χ1v) is 9.99. The monoisotopic (exact) mass is 427 g/mol. The van der Waals surface area contributed by atoms with E-state index in [1.165, 1.54) is 0 Å². The van der Waals surface area contributed by atoms with Gasteiger partial charge < -0.3 is 15.4 Å². The van der Waals surface area contributed by atoms with E-state index in [1.54, 1.807) is 18.2 Å². The molecule has 1 aliphatic rings. The Morgan fingerprint density at radius 3 is 2.88 bits per heavy atom. The van der Waals surface area contributed by atoms with Gasteiger partial charge in [-0.25, -0.2) is 4.98 Å². The number of carbonyl (C=O) groups is 2. The van der Waals surface area contributed by atoms with E-state index >= 15 is 0 Å². The average molecular weight is 427 g/mol. The molecule has 2 amide bonds. The van der Waals surface area contributed by atoms with Gasteiger partial charge in [-0.1, -0.05) is 48.8 Å². The molecule has 2 aromatic carbocycles. The van der Waals surface area contributed by atoms with Crippen LogP contribution in [0, 0.1) is 11.8 Å². The summed E-state index contributed by atoms with van der Waals surface area (Å²) in [6, 6.07) is 14.0. The molecule has 0 spiro atoms. The molecule has 0 aliphatic carbocycles. The van der Waals surface area contributed by atoms with Crippen LogP contribution in [0.15, 0.2) is 60.7 Å². The Labute approximate surface area is 185 Å². The molecule has 3 N–H and O–H groups in total. The molecule has 32 heavy (non-hydrogen) atoms. The van der Waals surface area contributed by atoms with E-state index in [-0.39, 0.29) is 12.4 Å². The number of benzene rings is 2. The van der Waals surface area contributed by atoms with Crippen LogP contribution >= 0.6 is 0 Å². The van der Waals surface area contributed by atoms with Gasteiger partial charge in [-0.15, -0.1) is 5.10 Å². The Kier molecular flexibility index (Phi) is 5.99. The van der Waals surface area contributed by atoms with Crippen molar-refractivity contribution in [2.24, 2.45) is 0 Å². The minimum absolute atomic E-state index is 0.0251. The molecular weight excluding hydrogens is 406 g/mol. The van der Waals surface area contributed by atoms with E-state index in [0.29, 0.717) is 29.2 Å². The predicted molar refractivity (Wildman–Crippen MR) is 119 cm³/mol. The van der Waals surface area contributed by atoms with E-state index < -0.39 is 17.9 Å². The fourth-order valence-corrected chi connectivity index (χ4v) is 3.07. The largest absolute Gasteiger partial charge is 0.489 e. The normalized spacial score (nSPS) is 14.7. The number of hydrogen-bond acceptors (Lipinski definition) is 5. The second kappa shape index (κ2) is 9.18. The van der Waals surface area contributed by atoms with Crippen molar-refractivity contribution in [1.82, 2.24) is 20.5 Å². The van der Waals surface area contributed by atoms with Gasteiger partial charge in [0, 0.05) is 12.0 Å². The molecule has 0 saturated carbocycles. The number of anilines is 1. The summed E-state index contributed by atoms with van der Waals surface area (Å²) >= 11 is 0. The number of nitrogens with zero attached hydrogens (tertiary/aromatic N) is 2. The van der Waals surface area contributed by atoms with Gasteiger partial charge in [0.25, 0.3) is 11.8 Å². The number of aromatic nitrogens is 3. The maximum Gasteiger partial charge on any atom is 0.291 e. The van der Waals surface area contributed by atoms with Gasteiger partial charge in [-0.2, -0.15) is 0 Å². The van der Waals surface area contributed by atoms with E-state index in [9.17, 15) is 9.59 Å². The molecular formula is C24H21N5O3.